The lowest BCUT2D eigenvalue weighted by molar-refractivity contribution is -0.147. The Bertz CT molecular complexity index is 445. The van der Waals surface area contributed by atoms with Crippen molar-refractivity contribution >= 4 is 5.97 Å². The Morgan fingerprint density at radius 2 is 2.38 bits per heavy atom. The molecule has 1 heterocycles. The topological polar surface area (TPSA) is 35.5 Å². The van der Waals surface area contributed by atoms with E-state index in [-0.39, 0.29) is 11.9 Å². The molecule has 0 saturated heterocycles. The minimum absolute atomic E-state index is 0.324. The van der Waals surface area contributed by atoms with Crippen molar-refractivity contribution in [2.75, 3.05) is 6.61 Å². The Morgan fingerprint density at radius 1 is 1.62 bits per heavy atom. The zero-order valence-corrected chi connectivity index (χ0v) is 8.97. The summed E-state index contributed by atoms with van der Waals surface area (Å²) < 4.78 is 10.5. The van der Waals surface area contributed by atoms with Gasteiger partial charge in [0.25, 0.3) is 0 Å². The maximum absolute atomic E-state index is 11.8. The highest BCUT2D eigenvalue weighted by Crippen LogP contribution is 2.34. The number of hydrogen-bond acceptors (Lipinski definition) is 3. The lowest BCUT2D eigenvalue weighted by atomic mass is 10.0. The summed E-state index contributed by atoms with van der Waals surface area (Å²) in [5, 5.41) is 0. The van der Waals surface area contributed by atoms with E-state index in [0.29, 0.717) is 6.61 Å². The average molecular weight is 216 g/mol. The molecule has 3 heteroatoms. The van der Waals surface area contributed by atoms with Gasteiger partial charge in [-0.05, 0) is 13.0 Å². The first-order chi connectivity index (χ1) is 7.72. The lowest BCUT2D eigenvalue weighted by Crippen LogP contribution is -2.21. The summed E-state index contributed by atoms with van der Waals surface area (Å²) in [4.78, 5) is 11.8. The van der Waals surface area contributed by atoms with Gasteiger partial charge in [0.15, 0.2) is 6.10 Å². The van der Waals surface area contributed by atoms with Crippen molar-refractivity contribution in [3.05, 3.63) is 29.8 Å². The number of hydrogen-bond donors (Lipinski definition) is 0. The highest BCUT2D eigenvalue weighted by Gasteiger charge is 2.31. The fourth-order valence-electron chi connectivity index (χ4n) is 1.65. The van der Waals surface area contributed by atoms with Crippen LogP contribution in [0.4, 0.5) is 0 Å². The molecule has 2 rings (SSSR count). The van der Waals surface area contributed by atoms with Crippen molar-refractivity contribution in [2.24, 2.45) is 0 Å². The molecule has 16 heavy (non-hydrogen) atoms. The van der Waals surface area contributed by atoms with Crippen molar-refractivity contribution in [1.82, 2.24) is 0 Å². The van der Waals surface area contributed by atoms with E-state index in [0.717, 1.165) is 11.3 Å². The van der Waals surface area contributed by atoms with Crippen LogP contribution in [0.15, 0.2) is 24.3 Å². The van der Waals surface area contributed by atoms with Crippen LogP contribution in [-0.2, 0) is 9.53 Å². The predicted octanol–water partition coefficient (Wildman–Crippen LogP) is 1.73. The number of benzene rings is 1. The molecule has 1 aliphatic heterocycles. The fourth-order valence-corrected chi connectivity index (χ4v) is 1.65. The van der Waals surface area contributed by atoms with Crippen LogP contribution in [0.3, 0.4) is 0 Å². The van der Waals surface area contributed by atoms with Crippen LogP contribution in [0.2, 0.25) is 0 Å². The predicted molar refractivity (Wildman–Crippen MR) is 59.1 cm³/mol. The minimum Gasteiger partial charge on any atom is -0.492 e. The average Bonchev–Trinajstić information content (AvgIpc) is 2.72. The first-order valence-electron chi connectivity index (χ1n) is 5.10. The van der Waals surface area contributed by atoms with Gasteiger partial charge in [-0.2, -0.15) is 0 Å². The van der Waals surface area contributed by atoms with E-state index < -0.39 is 6.10 Å². The molecule has 0 amide bonds. The summed E-state index contributed by atoms with van der Waals surface area (Å²) in [6, 6.07) is 7.46. The van der Waals surface area contributed by atoms with E-state index in [9.17, 15) is 4.79 Å². The molecule has 0 aromatic heterocycles. The molecule has 0 N–H and O–H groups in total. The van der Waals surface area contributed by atoms with Gasteiger partial charge in [0, 0.05) is 5.56 Å². The smallest absolute Gasteiger partial charge is 0.318 e. The van der Waals surface area contributed by atoms with Gasteiger partial charge in [-0.25, -0.2) is 0 Å². The molecule has 1 aliphatic rings. The summed E-state index contributed by atoms with van der Waals surface area (Å²) in [5.41, 5.74) is 0.872. The molecule has 1 aromatic carbocycles. The Hall–Kier alpha value is -1.95. The molecule has 3 nitrogen and oxygen atoms in total. The molecule has 0 unspecified atom stereocenters. The van der Waals surface area contributed by atoms with Crippen LogP contribution in [-0.4, -0.2) is 18.7 Å². The van der Waals surface area contributed by atoms with Crippen molar-refractivity contribution in [3.8, 4) is 18.1 Å². The van der Waals surface area contributed by atoms with E-state index in [1.54, 1.807) is 6.92 Å². The number of esters is 1. The number of terminal acetylenes is 1. The maximum Gasteiger partial charge on any atom is 0.318 e. The maximum atomic E-state index is 11.8. The molecule has 1 aromatic rings. The van der Waals surface area contributed by atoms with Crippen LogP contribution in [0.5, 0.6) is 5.75 Å². The van der Waals surface area contributed by atoms with Gasteiger partial charge in [0.2, 0.25) is 0 Å². The molecule has 0 saturated carbocycles. The Labute approximate surface area is 94.4 Å². The zero-order valence-electron chi connectivity index (χ0n) is 8.97. The van der Waals surface area contributed by atoms with Crippen LogP contribution in [0.1, 0.15) is 18.4 Å². The van der Waals surface area contributed by atoms with Gasteiger partial charge in [0.05, 0.1) is 0 Å². The second-order valence-corrected chi connectivity index (χ2v) is 3.65. The summed E-state index contributed by atoms with van der Waals surface area (Å²) >= 11 is 0. The molecule has 0 fully saturated rings. The van der Waals surface area contributed by atoms with E-state index >= 15 is 0 Å². The Morgan fingerprint density at radius 3 is 3.12 bits per heavy atom. The molecule has 82 valence electrons. The Balaban J connectivity index is 2.14. The molecule has 2 atom stereocenters. The number of rotatable bonds is 2. The Kier molecular flexibility index (Phi) is 2.82. The summed E-state index contributed by atoms with van der Waals surface area (Å²) in [6.45, 7) is 2.00. The van der Waals surface area contributed by atoms with Crippen LogP contribution >= 0.6 is 0 Å². The number of para-hydroxylation sites is 1. The lowest BCUT2D eigenvalue weighted by Gasteiger charge is -2.11. The van der Waals surface area contributed by atoms with Crippen LogP contribution < -0.4 is 4.74 Å². The van der Waals surface area contributed by atoms with Gasteiger partial charge in [0.1, 0.15) is 18.3 Å². The summed E-state index contributed by atoms with van der Waals surface area (Å²) in [7, 11) is 0. The second kappa shape index (κ2) is 4.28. The second-order valence-electron chi connectivity index (χ2n) is 3.65. The quantitative estimate of drug-likeness (QED) is 0.558. The van der Waals surface area contributed by atoms with E-state index in [1.165, 1.54) is 0 Å². The highest BCUT2D eigenvalue weighted by molar-refractivity contribution is 5.80. The van der Waals surface area contributed by atoms with Gasteiger partial charge in [-0.1, -0.05) is 24.1 Å². The number of carbonyl (C=O) groups excluding carboxylic acids is 1. The number of carbonyl (C=O) groups is 1. The van der Waals surface area contributed by atoms with Crippen molar-refractivity contribution < 1.29 is 14.3 Å². The van der Waals surface area contributed by atoms with Gasteiger partial charge >= 0.3 is 5.97 Å². The molecule has 0 bridgehead atoms. The SMILES string of the molecule is C#C[C@H](C)OC(=O)[C@H]1COc2ccccc21. The third-order valence-electron chi connectivity index (χ3n) is 2.51. The van der Waals surface area contributed by atoms with Gasteiger partial charge in [-0.15, -0.1) is 6.42 Å². The van der Waals surface area contributed by atoms with Crippen molar-refractivity contribution in [1.29, 1.82) is 0 Å². The molecule has 0 aliphatic carbocycles. The van der Waals surface area contributed by atoms with Gasteiger partial charge < -0.3 is 9.47 Å². The molecule has 0 spiro atoms. The van der Waals surface area contributed by atoms with E-state index in [2.05, 4.69) is 5.92 Å². The van der Waals surface area contributed by atoms with E-state index in [4.69, 9.17) is 15.9 Å². The number of ether oxygens (including phenoxy) is 2. The molecular weight excluding hydrogens is 204 g/mol. The monoisotopic (exact) mass is 216 g/mol. The van der Waals surface area contributed by atoms with Crippen molar-refractivity contribution in [2.45, 2.75) is 18.9 Å². The first kappa shape index (κ1) is 10.6. The zero-order chi connectivity index (χ0) is 11.5. The minimum atomic E-state index is -0.500. The van der Waals surface area contributed by atoms with Gasteiger partial charge in [-0.3, -0.25) is 4.79 Å². The molecular formula is C13H12O3. The number of fused-ring (bicyclic) bond motifs is 1. The third kappa shape index (κ3) is 1.87. The molecule has 0 radical (unpaired) electrons. The third-order valence-corrected chi connectivity index (χ3v) is 2.51. The van der Waals surface area contributed by atoms with Crippen LogP contribution in [0.25, 0.3) is 0 Å². The first-order valence-corrected chi connectivity index (χ1v) is 5.10. The van der Waals surface area contributed by atoms with Crippen molar-refractivity contribution in [3.63, 3.8) is 0 Å². The standard InChI is InChI=1S/C13H12O3/c1-3-9(2)16-13(14)11-8-15-12-7-5-4-6-10(11)12/h1,4-7,9,11H,8H2,2H3/t9-,11-/m0/s1. The van der Waals surface area contributed by atoms with E-state index in [1.807, 2.05) is 24.3 Å². The highest BCUT2D eigenvalue weighted by atomic mass is 16.5. The normalized spacial score (nSPS) is 19.1. The fraction of sp³-hybridized carbons (Fsp3) is 0.308. The summed E-state index contributed by atoms with van der Waals surface area (Å²) in [6.07, 6.45) is 4.66. The van der Waals surface area contributed by atoms with Crippen LogP contribution in [0, 0.1) is 12.3 Å². The summed E-state index contributed by atoms with van der Waals surface area (Å²) in [5.74, 6) is 2.43. The largest absolute Gasteiger partial charge is 0.492 e.